The summed E-state index contributed by atoms with van der Waals surface area (Å²) in [5, 5.41) is 7.71. The van der Waals surface area contributed by atoms with Crippen molar-refractivity contribution >= 4 is 0 Å². The molecule has 2 rings (SSSR count). The van der Waals surface area contributed by atoms with Gasteiger partial charge in [-0.1, -0.05) is 6.08 Å². The second kappa shape index (κ2) is 2.82. The van der Waals surface area contributed by atoms with Crippen LogP contribution in [0.2, 0.25) is 0 Å². The van der Waals surface area contributed by atoms with Crippen LogP contribution in [0, 0.1) is 0 Å². The summed E-state index contributed by atoms with van der Waals surface area (Å²) in [5.41, 5.74) is 2.63. The Bertz CT molecular complexity index is 269. The van der Waals surface area contributed by atoms with Gasteiger partial charge in [0, 0.05) is 0 Å². The first-order valence-corrected chi connectivity index (χ1v) is 3.93. The fraction of sp³-hybridized carbons (Fsp3) is 0.333. The SMILES string of the molecule is C1=CC2=CCCCC2=CN=N1. The van der Waals surface area contributed by atoms with Crippen molar-refractivity contribution in [1.82, 2.24) is 0 Å². The molecule has 0 spiro atoms. The van der Waals surface area contributed by atoms with Crippen LogP contribution in [0.5, 0.6) is 0 Å². The monoisotopic (exact) mass is 146 g/mol. The predicted octanol–water partition coefficient (Wildman–Crippen LogP) is 2.96. The minimum Gasteiger partial charge on any atom is -0.159 e. The largest absolute Gasteiger partial charge is 0.159 e. The van der Waals surface area contributed by atoms with Gasteiger partial charge in [0.2, 0.25) is 0 Å². The van der Waals surface area contributed by atoms with Gasteiger partial charge in [-0.3, -0.25) is 0 Å². The number of hydrogen-bond donors (Lipinski definition) is 0. The molecule has 1 heterocycles. The summed E-state index contributed by atoms with van der Waals surface area (Å²) in [6, 6.07) is 0. The summed E-state index contributed by atoms with van der Waals surface area (Å²) < 4.78 is 0. The third-order valence-electron chi connectivity index (χ3n) is 1.99. The molecule has 0 aromatic heterocycles. The minimum atomic E-state index is 1.15. The molecule has 0 fully saturated rings. The van der Waals surface area contributed by atoms with Crippen molar-refractivity contribution in [3.63, 3.8) is 0 Å². The molecule has 0 amide bonds. The molecule has 56 valence electrons. The van der Waals surface area contributed by atoms with E-state index >= 15 is 0 Å². The fourth-order valence-electron chi connectivity index (χ4n) is 1.39. The van der Waals surface area contributed by atoms with Gasteiger partial charge in [-0.2, -0.15) is 10.2 Å². The van der Waals surface area contributed by atoms with E-state index < -0.39 is 0 Å². The lowest BCUT2D eigenvalue weighted by Crippen LogP contribution is -1.92. The smallest absolute Gasteiger partial charge is 0.0533 e. The molecule has 0 aromatic rings. The molecule has 0 atom stereocenters. The van der Waals surface area contributed by atoms with E-state index in [4.69, 9.17) is 0 Å². The summed E-state index contributed by atoms with van der Waals surface area (Å²) in [5.74, 6) is 0. The van der Waals surface area contributed by atoms with Gasteiger partial charge in [-0.15, -0.1) is 0 Å². The quantitative estimate of drug-likeness (QED) is 0.502. The maximum absolute atomic E-state index is 3.89. The van der Waals surface area contributed by atoms with Crippen LogP contribution in [0.25, 0.3) is 0 Å². The van der Waals surface area contributed by atoms with Gasteiger partial charge >= 0.3 is 0 Å². The summed E-state index contributed by atoms with van der Waals surface area (Å²) in [6.45, 7) is 0. The van der Waals surface area contributed by atoms with Crippen LogP contribution < -0.4 is 0 Å². The first-order chi connectivity index (χ1) is 5.47. The Morgan fingerprint density at radius 1 is 1.27 bits per heavy atom. The van der Waals surface area contributed by atoms with E-state index in [-0.39, 0.29) is 0 Å². The highest BCUT2D eigenvalue weighted by Crippen LogP contribution is 2.26. The second-order valence-electron chi connectivity index (χ2n) is 2.75. The van der Waals surface area contributed by atoms with Crippen LogP contribution in [0.3, 0.4) is 0 Å². The number of fused-ring (bicyclic) bond motifs is 1. The van der Waals surface area contributed by atoms with Crippen LogP contribution in [-0.4, -0.2) is 0 Å². The molecule has 1 aliphatic carbocycles. The van der Waals surface area contributed by atoms with Crippen LogP contribution in [0.4, 0.5) is 0 Å². The van der Waals surface area contributed by atoms with Gasteiger partial charge in [-0.25, -0.2) is 0 Å². The molecule has 0 bridgehead atoms. The highest BCUT2D eigenvalue weighted by atomic mass is 15.1. The number of azo groups is 1. The van der Waals surface area contributed by atoms with E-state index in [2.05, 4.69) is 16.3 Å². The zero-order valence-electron chi connectivity index (χ0n) is 6.33. The van der Waals surface area contributed by atoms with Crippen molar-refractivity contribution in [2.24, 2.45) is 10.2 Å². The van der Waals surface area contributed by atoms with Crippen molar-refractivity contribution in [3.05, 3.63) is 35.7 Å². The maximum atomic E-state index is 3.89. The number of hydrogen-bond acceptors (Lipinski definition) is 2. The molecule has 11 heavy (non-hydrogen) atoms. The van der Waals surface area contributed by atoms with Crippen LogP contribution in [-0.2, 0) is 0 Å². The predicted molar refractivity (Wildman–Crippen MR) is 44.0 cm³/mol. The second-order valence-corrected chi connectivity index (χ2v) is 2.75. The summed E-state index contributed by atoms with van der Waals surface area (Å²) >= 11 is 0. The third-order valence-corrected chi connectivity index (χ3v) is 1.99. The first kappa shape index (κ1) is 6.53. The Morgan fingerprint density at radius 2 is 2.27 bits per heavy atom. The Morgan fingerprint density at radius 3 is 3.27 bits per heavy atom. The molecule has 1 aliphatic heterocycles. The first-order valence-electron chi connectivity index (χ1n) is 3.93. The summed E-state index contributed by atoms with van der Waals surface area (Å²) in [7, 11) is 0. The molecule has 2 aliphatic rings. The van der Waals surface area contributed by atoms with Crippen molar-refractivity contribution in [2.45, 2.75) is 19.3 Å². The van der Waals surface area contributed by atoms with Crippen LogP contribution >= 0.6 is 0 Å². The van der Waals surface area contributed by atoms with E-state index in [0.717, 1.165) is 6.42 Å². The third kappa shape index (κ3) is 1.29. The average molecular weight is 146 g/mol. The Balaban J connectivity index is 2.38. The van der Waals surface area contributed by atoms with E-state index in [9.17, 15) is 0 Å². The molecule has 0 aromatic carbocycles. The van der Waals surface area contributed by atoms with Gasteiger partial charge in [0.1, 0.15) is 0 Å². The molecule has 2 heteroatoms. The minimum absolute atomic E-state index is 1.15. The molecule has 2 nitrogen and oxygen atoms in total. The molecule has 0 unspecified atom stereocenters. The van der Waals surface area contributed by atoms with E-state index in [0.29, 0.717) is 0 Å². The standard InChI is InChI=1S/C9H10N2/c1-2-4-9-7-11-10-6-5-8(9)3-1/h3,5-7H,1-2,4H2. The van der Waals surface area contributed by atoms with Crippen molar-refractivity contribution in [1.29, 1.82) is 0 Å². The molecule has 0 N–H and O–H groups in total. The van der Waals surface area contributed by atoms with Crippen molar-refractivity contribution in [2.75, 3.05) is 0 Å². The lowest BCUT2D eigenvalue weighted by atomic mass is 9.94. The van der Waals surface area contributed by atoms with Crippen molar-refractivity contribution < 1.29 is 0 Å². The molecular formula is C9H10N2. The Hall–Kier alpha value is -1.18. The molecule has 0 saturated heterocycles. The number of rotatable bonds is 0. The number of nitrogens with zero attached hydrogens (tertiary/aromatic N) is 2. The van der Waals surface area contributed by atoms with Crippen molar-refractivity contribution in [3.8, 4) is 0 Å². The number of allylic oxidation sites excluding steroid dienone is 4. The normalized spacial score (nSPS) is 21.8. The Labute approximate surface area is 66.0 Å². The average Bonchev–Trinajstić information content (AvgIpc) is 2.28. The van der Waals surface area contributed by atoms with Gasteiger partial charge in [0.25, 0.3) is 0 Å². The highest BCUT2D eigenvalue weighted by Gasteiger charge is 2.07. The van der Waals surface area contributed by atoms with Gasteiger partial charge in [0.05, 0.1) is 12.4 Å². The highest BCUT2D eigenvalue weighted by molar-refractivity contribution is 5.41. The van der Waals surface area contributed by atoms with Gasteiger partial charge in [-0.05, 0) is 36.5 Å². The van der Waals surface area contributed by atoms with Crippen LogP contribution in [0.1, 0.15) is 19.3 Å². The topological polar surface area (TPSA) is 24.7 Å². The lowest BCUT2D eigenvalue weighted by Gasteiger charge is -2.11. The lowest BCUT2D eigenvalue weighted by molar-refractivity contribution is 0.807. The van der Waals surface area contributed by atoms with E-state index in [1.165, 1.54) is 24.0 Å². The summed E-state index contributed by atoms with van der Waals surface area (Å²) in [6.07, 6.45) is 11.5. The summed E-state index contributed by atoms with van der Waals surface area (Å²) in [4.78, 5) is 0. The maximum Gasteiger partial charge on any atom is 0.0533 e. The molecule has 0 saturated carbocycles. The molecule has 0 radical (unpaired) electrons. The van der Waals surface area contributed by atoms with Gasteiger partial charge in [0.15, 0.2) is 0 Å². The zero-order valence-corrected chi connectivity index (χ0v) is 6.33. The zero-order chi connectivity index (χ0) is 7.52. The Kier molecular flexibility index (Phi) is 1.68. The van der Waals surface area contributed by atoms with E-state index in [1.807, 2.05) is 12.3 Å². The van der Waals surface area contributed by atoms with Crippen LogP contribution in [0.15, 0.2) is 45.9 Å². The van der Waals surface area contributed by atoms with E-state index in [1.54, 1.807) is 6.20 Å². The fourth-order valence-corrected chi connectivity index (χ4v) is 1.39. The molecular weight excluding hydrogens is 136 g/mol. The van der Waals surface area contributed by atoms with Gasteiger partial charge < -0.3 is 0 Å².